The summed E-state index contributed by atoms with van der Waals surface area (Å²) in [5.41, 5.74) is 2.34. The van der Waals surface area contributed by atoms with Crippen molar-refractivity contribution in [1.29, 1.82) is 42.1 Å². The van der Waals surface area contributed by atoms with Crippen LogP contribution in [0.1, 0.15) is 44.9 Å². The van der Waals surface area contributed by atoms with Gasteiger partial charge in [-0.2, -0.15) is 47.1 Å². The van der Waals surface area contributed by atoms with Gasteiger partial charge in [0.1, 0.15) is 84.7 Å². The van der Waals surface area contributed by atoms with Crippen LogP contribution in [0.5, 0.6) is 34.9 Å². The fourth-order valence-corrected chi connectivity index (χ4v) is 4.49. The predicted molar refractivity (Wildman–Crippen MR) is 271 cm³/mol. The van der Waals surface area contributed by atoms with Crippen LogP contribution in [0.25, 0.3) is 0 Å². The van der Waals surface area contributed by atoms with E-state index in [1.807, 2.05) is 36.4 Å². The predicted octanol–water partition coefficient (Wildman–Crippen LogP) is 6.14. The zero-order valence-corrected chi connectivity index (χ0v) is 39.8. The molecule has 0 unspecified atom stereocenters. The van der Waals surface area contributed by atoms with Crippen LogP contribution in [-0.4, -0.2) is 64.6 Å². The van der Waals surface area contributed by atoms with Gasteiger partial charge >= 0.3 is 0 Å². The zero-order valence-electron chi connectivity index (χ0n) is 39.8. The second-order valence-corrected chi connectivity index (χ2v) is 12.6. The van der Waals surface area contributed by atoms with Crippen molar-refractivity contribution >= 4 is 0 Å². The smallest absolute Gasteiger partial charge is 0.234 e. The van der Waals surface area contributed by atoms with Crippen LogP contribution in [0.15, 0.2) is 104 Å². The Hall–Kier alpha value is -13.0. The molecule has 0 aliphatic carbocycles. The summed E-state index contributed by atoms with van der Waals surface area (Å²) in [4.78, 5) is 18.9. The maximum atomic E-state index is 8.70. The molecule has 0 fully saturated rings. The van der Waals surface area contributed by atoms with Gasteiger partial charge in [-0.1, -0.05) is 41.6 Å². The van der Waals surface area contributed by atoms with Gasteiger partial charge in [0.2, 0.25) is 17.6 Å². The normalized spacial score (nSPS) is 8.13. The van der Waals surface area contributed by atoms with E-state index in [-0.39, 0.29) is 62.8 Å². The number of aromatic nitrogens is 5. The summed E-state index contributed by atoms with van der Waals surface area (Å²) in [6.07, 6.45) is 35.7. The van der Waals surface area contributed by atoms with Crippen LogP contribution >= 0.6 is 0 Å². The number of pyridine rings is 3. The molecule has 6 rings (SSSR count). The Balaban J connectivity index is 0.000000457. The van der Waals surface area contributed by atoms with E-state index < -0.39 is 0 Å². The second kappa shape index (κ2) is 39.0. The Morgan fingerprint density at radius 2 is 0.908 bits per heavy atom. The fraction of sp³-hybridized carbons (Fsp3) is 0.105. The Labute approximate surface area is 439 Å². The molecule has 0 amide bonds. The summed E-state index contributed by atoms with van der Waals surface area (Å²) in [7, 11) is 0. The first-order valence-corrected chi connectivity index (χ1v) is 20.7. The molecule has 0 radical (unpaired) electrons. The van der Waals surface area contributed by atoms with E-state index in [0.717, 1.165) is 0 Å². The monoisotopic (exact) mass is 997 g/mol. The molecule has 0 atom stereocenters. The van der Waals surface area contributed by atoms with E-state index in [4.69, 9.17) is 109 Å². The van der Waals surface area contributed by atoms with Crippen LogP contribution in [0.2, 0.25) is 0 Å². The number of benzene rings is 2. The molecule has 0 bridgehead atoms. The first kappa shape index (κ1) is 61.1. The van der Waals surface area contributed by atoms with Gasteiger partial charge in [-0.05, 0) is 60.7 Å². The summed E-state index contributed by atoms with van der Waals surface area (Å²) < 4.78 is 30.2. The van der Waals surface area contributed by atoms with Crippen molar-refractivity contribution < 1.29 is 28.4 Å². The number of ether oxygens (including phenoxy) is 6. The van der Waals surface area contributed by atoms with E-state index in [2.05, 4.69) is 60.4 Å². The minimum absolute atomic E-state index is 0.0273. The fourth-order valence-electron chi connectivity index (χ4n) is 4.49. The number of nitriles is 8. The van der Waals surface area contributed by atoms with Gasteiger partial charge in [0, 0.05) is 30.7 Å². The molecule has 0 aliphatic heterocycles. The lowest BCUT2D eigenvalue weighted by Crippen LogP contribution is -2.00. The van der Waals surface area contributed by atoms with E-state index in [0.29, 0.717) is 56.6 Å². The Bertz CT molecular complexity index is 3240. The molecule has 0 N–H and O–H groups in total. The summed E-state index contributed by atoms with van der Waals surface area (Å²) in [6, 6.07) is 36.3. The van der Waals surface area contributed by atoms with Crippen LogP contribution < -0.4 is 28.4 Å². The molecule has 0 spiro atoms. The number of hydrogen-bond donors (Lipinski definition) is 0. The molecule has 76 heavy (non-hydrogen) atoms. The van der Waals surface area contributed by atoms with E-state index in [1.165, 1.54) is 42.9 Å². The lowest BCUT2D eigenvalue weighted by atomic mass is 10.1. The standard InChI is InChI=1S/C11H6N2O.C10H7NO.C9H4N4O.3C9H6N2O/c1-2-5-14-11-4-3-9(7-12)10(6-11)8-13;1-2-6-12-10-5-3-4-9(7-10)8-11;1-2-3-14-9-6-12-7(4-10)8(5-11)13-9;1-2-6-12-9-8(7-10)4-3-5-11-9;1-2-5-12-9-3-4-11-8(6-9)7-10;1-2-5-12-9-6-8(7-10)3-4-11-9/h1,3-4,6H,5H2;1,3-5,7H,6H2;1,6H,3H2;1,3-5H,6H2;2*1,3-4,6H,5H2. The average Bonchev–Trinajstić information content (AvgIpc) is 3.48. The van der Waals surface area contributed by atoms with Crippen molar-refractivity contribution in [1.82, 2.24) is 24.9 Å². The number of rotatable bonds is 12. The summed E-state index contributed by atoms with van der Waals surface area (Å²) in [5, 5.41) is 68.6. The van der Waals surface area contributed by atoms with Crippen molar-refractivity contribution in [2.45, 2.75) is 0 Å². The molecule has 6 aromatic rings. The van der Waals surface area contributed by atoms with Gasteiger partial charge in [0.15, 0.2) is 31.2 Å². The SMILES string of the molecule is C#CCOc1cc(C#N)ccn1.C#CCOc1ccc(C#N)c(C#N)c1.C#CCOc1cccc(C#N)c1.C#CCOc1ccnc(C#N)c1.C#CCOc1cnc(C#N)c(C#N)n1.C#CCOc1ncccc1C#N. The van der Waals surface area contributed by atoms with Gasteiger partial charge in [-0.3, -0.25) is 0 Å². The lowest BCUT2D eigenvalue weighted by Gasteiger charge is -2.02. The molecule has 19 heteroatoms. The van der Waals surface area contributed by atoms with Crippen LogP contribution in [-0.2, 0) is 0 Å². The summed E-state index contributed by atoms with van der Waals surface area (Å²) in [5.74, 6) is 16.3. The highest BCUT2D eigenvalue weighted by Crippen LogP contribution is 2.17. The van der Waals surface area contributed by atoms with Crippen molar-refractivity contribution in [3.63, 3.8) is 0 Å². The van der Waals surface area contributed by atoms with Crippen molar-refractivity contribution in [2.75, 3.05) is 39.6 Å². The third-order valence-electron chi connectivity index (χ3n) is 7.62. The largest absolute Gasteiger partial charge is 0.481 e. The molecule has 19 nitrogen and oxygen atoms in total. The highest BCUT2D eigenvalue weighted by molar-refractivity contribution is 5.49. The third-order valence-corrected chi connectivity index (χ3v) is 7.62. The van der Waals surface area contributed by atoms with Crippen molar-refractivity contribution in [2.24, 2.45) is 0 Å². The number of nitrogens with zero attached hydrogens (tertiary/aromatic N) is 13. The maximum absolute atomic E-state index is 8.70. The minimum atomic E-state index is -0.0676. The van der Waals surface area contributed by atoms with Crippen molar-refractivity contribution in [3.8, 4) is 158 Å². The molecule has 4 heterocycles. The lowest BCUT2D eigenvalue weighted by molar-refractivity contribution is 0.353. The highest BCUT2D eigenvalue weighted by atomic mass is 16.5. The molecule has 0 saturated heterocycles. The summed E-state index contributed by atoms with van der Waals surface area (Å²) >= 11 is 0. The van der Waals surface area contributed by atoms with E-state index in [1.54, 1.807) is 72.9 Å². The Morgan fingerprint density at radius 1 is 0.368 bits per heavy atom. The van der Waals surface area contributed by atoms with Gasteiger partial charge < -0.3 is 28.4 Å². The highest BCUT2D eigenvalue weighted by Gasteiger charge is 2.07. The topological polar surface area (TPSA) is 310 Å². The minimum Gasteiger partial charge on any atom is -0.481 e. The summed E-state index contributed by atoms with van der Waals surface area (Å²) in [6.45, 7) is 0.930. The third kappa shape index (κ3) is 24.9. The first-order chi connectivity index (χ1) is 37.1. The molecule has 2 aromatic carbocycles. The molecule has 0 aliphatic rings. The van der Waals surface area contributed by atoms with Crippen LogP contribution in [0.4, 0.5) is 0 Å². The van der Waals surface area contributed by atoms with Crippen LogP contribution in [0, 0.1) is 165 Å². The van der Waals surface area contributed by atoms with E-state index in [9.17, 15) is 0 Å². The van der Waals surface area contributed by atoms with Gasteiger partial charge in [-0.25, -0.2) is 19.9 Å². The second-order valence-electron chi connectivity index (χ2n) is 12.6. The van der Waals surface area contributed by atoms with Gasteiger partial charge in [0.25, 0.3) is 0 Å². The Morgan fingerprint density at radius 3 is 1.47 bits per heavy atom. The first-order valence-electron chi connectivity index (χ1n) is 20.7. The maximum Gasteiger partial charge on any atom is 0.234 e. The molecule has 364 valence electrons. The average molecular weight is 998 g/mol. The van der Waals surface area contributed by atoms with Gasteiger partial charge in [-0.15, -0.1) is 38.5 Å². The molecular formula is C57H35N13O6. The quantitative estimate of drug-likeness (QED) is 0.124. The Kier molecular flexibility index (Phi) is 31.3. The molecule has 4 aromatic heterocycles. The van der Waals surface area contributed by atoms with E-state index >= 15 is 0 Å². The van der Waals surface area contributed by atoms with Crippen molar-refractivity contribution in [3.05, 3.63) is 149 Å². The number of hydrogen-bond acceptors (Lipinski definition) is 19. The molecular weight excluding hydrogens is 963 g/mol. The molecule has 0 saturated carbocycles. The zero-order chi connectivity index (χ0) is 56.0. The van der Waals surface area contributed by atoms with Crippen LogP contribution in [0.3, 0.4) is 0 Å². The number of terminal acetylenes is 6. The van der Waals surface area contributed by atoms with Gasteiger partial charge in [0.05, 0.1) is 40.6 Å².